The summed E-state index contributed by atoms with van der Waals surface area (Å²) in [5, 5.41) is 12.4. The Kier molecular flexibility index (Phi) is 6.35. The number of aliphatic hydroxyl groups excluding tert-OH is 1. The molecule has 0 spiro atoms. The Morgan fingerprint density at radius 3 is 2.39 bits per heavy atom. The number of hydrogen-bond acceptors (Lipinski definition) is 4. The zero-order valence-electron chi connectivity index (χ0n) is 16.6. The summed E-state index contributed by atoms with van der Waals surface area (Å²) in [5.74, 6) is -1.21. The van der Waals surface area contributed by atoms with Gasteiger partial charge in [0.2, 0.25) is 0 Å². The molecule has 0 aliphatic rings. The second kappa shape index (κ2) is 8.81. The molecule has 0 bridgehead atoms. The third-order valence-electron chi connectivity index (χ3n) is 4.59. The van der Waals surface area contributed by atoms with E-state index in [4.69, 9.17) is 0 Å². The number of carbonyl (C=O) groups excluding carboxylic acids is 1. The van der Waals surface area contributed by atoms with Gasteiger partial charge in [0, 0.05) is 17.3 Å². The summed E-state index contributed by atoms with van der Waals surface area (Å²) in [6, 6.07) is 8.82. The highest BCUT2D eigenvalue weighted by Crippen LogP contribution is 2.35. The molecule has 0 fully saturated rings. The lowest BCUT2D eigenvalue weighted by atomic mass is 9.98. The van der Waals surface area contributed by atoms with Crippen molar-refractivity contribution in [1.82, 2.24) is 15.3 Å². The monoisotopic (exact) mass is 433 g/mol. The molecule has 31 heavy (non-hydrogen) atoms. The fraction of sp³-hybridized carbons (Fsp3) is 0.227. The van der Waals surface area contributed by atoms with Gasteiger partial charge in [-0.15, -0.1) is 0 Å². The topological polar surface area (TPSA) is 75.1 Å². The SMILES string of the molecule is Cc1ccc(-c2cc(C(=O)N[C@H](C)c3ccc(F)cn3)cc(C(O)C(F)(F)F)c2)nc1. The molecule has 0 aliphatic heterocycles. The molecular weight excluding hydrogens is 414 g/mol. The average molecular weight is 433 g/mol. The van der Waals surface area contributed by atoms with E-state index in [9.17, 15) is 27.5 Å². The number of rotatable bonds is 5. The van der Waals surface area contributed by atoms with E-state index in [1.54, 1.807) is 25.3 Å². The second-order valence-electron chi connectivity index (χ2n) is 7.11. The molecule has 162 valence electrons. The van der Waals surface area contributed by atoms with E-state index in [1.807, 2.05) is 6.92 Å². The maximum atomic E-state index is 13.1. The molecule has 0 saturated heterocycles. The first kappa shape index (κ1) is 22.4. The van der Waals surface area contributed by atoms with E-state index in [-0.39, 0.29) is 11.1 Å². The summed E-state index contributed by atoms with van der Waals surface area (Å²) in [6.45, 7) is 3.42. The maximum Gasteiger partial charge on any atom is 0.418 e. The Bertz CT molecular complexity index is 1070. The number of aromatic nitrogens is 2. The predicted octanol–water partition coefficient (Wildman–Crippen LogP) is 4.68. The number of pyridine rings is 2. The normalized spacial score (nSPS) is 13.5. The van der Waals surface area contributed by atoms with Crippen LogP contribution in [0.15, 0.2) is 54.9 Å². The van der Waals surface area contributed by atoms with Crippen LogP contribution < -0.4 is 5.32 Å². The van der Waals surface area contributed by atoms with Gasteiger partial charge in [0.1, 0.15) is 5.82 Å². The lowest BCUT2D eigenvalue weighted by molar-refractivity contribution is -0.206. The zero-order valence-corrected chi connectivity index (χ0v) is 16.6. The first-order valence-electron chi connectivity index (χ1n) is 9.29. The van der Waals surface area contributed by atoms with Crippen molar-refractivity contribution in [3.05, 3.63) is 83.1 Å². The van der Waals surface area contributed by atoms with E-state index in [1.165, 1.54) is 18.2 Å². The third kappa shape index (κ3) is 5.43. The molecule has 0 aliphatic carbocycles. The second-order valence-corrected chi connectivity index (χ2v) is 7.11. The number of benzene rings is 1. The van der Waals surface area contributed by atoms with Crippen molar-refractivity contribution in [3.8, 4) is 11.3 Å². The van der Waals surface area contributed by atoms with Crippen LogP contribution in [0.3, 0.4) is 0 Å². The van der Waals surface area contributed by atoms with Gasteiger partial charge in [-0.25, -0.2) is 4.39 Å². The fourth-order valence-electron chi connectivity index (χ4n) is 2.91. The highest BCUT2D eigenvalue weighted by molar-refractivity contribution is 5.96. The van der Waals surface area contributed by atoms with Gasteiger partial charge in [0.05, 0.1) is 23.6 Å². The van der Waals surface area contributed by atoms with Crippen LogP contribution in [0.1, 0.15) is 46.2 Å². The Hall–Kier alpha value is -3.33. The number of aliphatic hydroxyl groups is 1. The van der Waals surface area contributed by atoms with Crippen molar-refractivity contribution < 1.29 is 27.5 Å². The summed E-state index contributed by atoms with van der Waals surface area (Å²) in [6.07, 6.45) is -5.12. The summed E-state index contributed by atoms with van der Waals surface area (Å²) in [4.78, 5) is 20.8. The smallest absolute Gasteiger partial charge is 0.379 e. The van der Waals surface area contributed by atoms with Crippen LogP contribution in [-0.2, 0) is 0 Å². The highest BCUT2D eigenvalue weighted by atomic mass is 19.4. The van der Waals surface area contributed by atoms with Crippen molar-refractivity contribution >= 4 is 5.91 Å². The van der Waals surface area contributed by atoms with Gasteiger partial charge in [-0.3, -0.25) is 14.8 Å². The lowest BCUT2D eigenvalue weighted by Gasteiger charge is -2.18. The molecule has 2 N–H and O–H groups in total. The van der Waals surface area contributed by atoms with Gasteiger partial charge in [-0.1, -0.05) is 6.07 Å². The number of nitrogens with one attached hydrogen (secondary N) is 1. The first-order valence-corrected chi connectivity index (χ1v) is 9.29. The number of halogens is 4. The zero-order chi connectivity index (χ0) is 22.8. The largest absolute Gasteiger partial charge is 0.418 e. The molecule has 0 radical (unpaired) electrons. The van der Waals surface area contributed by atoms with Crippen molar-refractivity contribution in [2.24, 2.45) is 0 Å². The van der Waals surface area contributed by atoms with E-state index in [0.717, 1.165) is 23.9 Å². The van der Waals surface area contributed by atoms with Crippen LogP contribution >= 0.6 is 0 Å². The Labute approximate surface area is 175 Å². The number of aryl methyl sites for hydroxylation is 1. The summed E-state index contributed by atoms with van der Waals surface area (Å²) in [5.41, 5.74) is 1.26. The van der Waals surface area contributed by atoms with E-state index in [2.05, 4.69) is 15.3 Å². The molecule has 1 aromatic carbocycles. The molecule has 1 amide bonds. The minimum absolute atomic E-state index is 0.0906. The molecule has 3 aromatic rings. The van der Waals surface area contributed by atoms with Crippen LogP contribution in [0.5, 0.6) is 0 Å². The van der Waals surface area contributed by atoms with Gasteiger partial charge in [-0.2, -0.15) is 13.2 Å². The van der Waals surface area contributed by atoms with E-state index < -0.39 is 35.6 Å². The fourth-order valence-corrected chi connectivity index (χ4v) is 2.91. The molecule has 2 heterocycles. The standard InChI is InChI=1S/C22H19F4N3O2/c1-12-3-5-19(27-10-12)14-7-15(20(30)22(24,25)26)9-16(8-14)21(31)29-13(2)18-6-4-17(23)11-28-18/h3-11,13,20,30H,1-2H3,(H,29,31)/t13-,20?/m1/s1. The molecule has 5 nitrogen and oxygen atoms in total. The van der Waals surface area contributed by atoms with Crippen LogP contribution in [0.4, 0.5) is 17.6 Å². The molecule has 2 atom stereocenters. The quantitative estimate of drug-likeness (QED) is 0.573. The van der Waals surface area contributed by atoms with Gasteiger partial charge in [0.25, 0.3) is 5.91 Å². The van der Waals surface area contributed by atoms with Gasteiger partial charge in [0.15, 0.2) is 6.10 Å². The van der Waals surface area contributed by atoms with Gasteiger partial charge in [-0.05, 0) is 61.4 Å². The van der Waals surface area contributed by atoms with Crippen LogP contribution in [0.2, 0.25) is 0 Å². The molecule has 3 rings (SSSR count). The van der Waals surface area contributed by atoms with Gasteiger partial charge >= 0.3 is 6.18 Å². The highest BCUT2D eigenvalue weighted by Gasteiger charge is 2.39. The Morgan fingerprint density at radius 1 is 1.06 bits per heavy atom. The lowest BCUT2D eigenvalue weighted by Crippen LogP contribution is -2.28. The molecule has 1 unspecified atom stereocenters. The minimum atomic E-state index is -4.90. The number of amides is 1. The number of carbonyl (C=O) groups is 1. The molecule has 9 heteroatoms. The maximum absolute atomic E-state index is 13.1. The van der Waals surface area contributed by atoms with Gasteiger partial charge < -0.3 is 10.4 Å². The molecular formula is C22H19F4N3O2. The minimum Gasteiger partial charge on any atom is -0.379 e. The Balaban J connectivity index is 1.97. The molecule has 2 aromatic heterocycles. The van der Waals surface area contributed by atoms with Crippen LogP contribution in [-0.4, -0.2) is 27.2 Å². The number of alkyl halides is 3. The van der Waals surface area contributed by atoms with Crippen LogP contribution in [0.25, 0.3) is 11.3 Å². The van der Waals surface area contributed by atoms with Crippen molar-refractivity contribution in [1.29, 1.82) is 0 Å². The number of hydrogen-bond donors (Lipinski definition) is 2. The summed E-state index contributed by atoms with van der Waals surface area (Å²) >= 11 is 0. The summed E-state index contributed by atoms with van der Waals surface area (Å²) < 4.78 is 52.4. The third-order valence-corrected chi connectivity index (χ3v) is 4.59. The van der Waals surface area contributed by atoms with Crippen molar-refractivity contribution in [3.63, 3.8) is 0 Å². The first-order chi connectivity index (χ1) is 14.5. The average Bonchev–Trinajstić information content (AvgIpc) is 2.73. The predicted molar refractivity (Wildman–Crippen MR) is 106 cm³/mol. The Morgan fingerprint density at radius 2 is 1.81 bits per heavy atom. The van der Waals surface area contributed by atoms with Crippen molar-refractivity contribution in [2.45, 2.75) is 32.2 Å². The van der Waals surface area contributed by atoms with E-state index >= 15 is 0 Å². The number of nitrogens with zero attached hydrogens (tertiary/aromatic N) is 2. The van der Waals surface area contributed by atoms with Crippen LogP contribution in [0, 0.1) is 12.7 Å². The summed E-state index contributed by atoms with van der Waals surface area (Å²) in [7, 11) is 0. The van der Waals surface area contributed by atoms with E-state index in [0.29, 0.717) is 11.4 Å². The van der Waals surface area contributed by atoms with Crippen molar-refractivity contribution in [2.75, 3.05) is 0 Å². The molecule has 0 saturated carbocycles.